The molecule has 2 atom stereocenters. The van der Waals surface area contributed by atoms with Gasteiger partial charge in [0.25, 0.3) is 0 Å². The lowest BCUT2D eigenvalue weighted by molar-refractivity contribution is 0.00866. The molecule has 0 saturated carbocycles. The normalized spacial score (nSPS) is 20.4. The third kappa shape index (κ3) is 5.42. The van der Waals surface area contributed by atoms with Crippen LogP contribution in [0.2, 0.25) is 0 Å². The third-order valence-electron chi connectivity index (χ3n) is 4.38. The molecular weight excluding hydrogens is 262 g/mol. The summed E-state index contributed by atoms with van der Waals surface area (Å²) in [4.78, 5) is 0. The fourth-order valence-corrected chi connectivity index (χ4v) is 3.00. The molecule has 1 aromatic carbocycles. The van der Waals surface area contributed by atoms with E-state index in [2.05, 4.69) is 29.6 Å². The summed E-state index contributed by atoms with van der Waals surface area (Å²) in [6, 6.07) is 9.35. The summed E-state index contributed by atoms with van der Waals surface area (Å²) >= 11 is 0. The molecule has 1 aliphatic rings. The molecule has 0 aliphatic carbocycles. The Morgan fingerprint density at radius 3 is 2.71 bits per heavy atom. The molecule has 0 aromatic heterocycles. The molecule has 1 heterocycles. The van der Waals surface area contributed by atoms with E-state index in [0.717, 1.165) is 32.5 Å². The number of benzene rings is 1. The number of hydrogen-bond donors (Lipinski definition) is 1. The van der Waals surface area contributed by atoms with Crippen molar-refractivity contribution in [3.63, 3.8) is 0 Å². The van der Waals surface area contributed by atoms with Crippen LogP contribution in [0.1, 0.15) is 49.3 Å². The summed E-state index contributed by atoms with van der Waals surface area (Å²) in [6.07, 6.45) is 7.52. The number of rotatable bonds is 8. The highest BCUT2D eigenvalue weighted by Crippen LogP contribution is 2.24. The molecule has 1 fully saturated rings. The Bertz CT molecular complexity index is 385. The average molecular weight is 291 g/mol. The Labute approximate surface area is 129 Å². The van der Waals surface area contributed by atoms with E-state index in [1.54, 1.807) is 7.11 Å². The monoisotopic (exact) mass is 291 g/mol. The topological polar surface area (TPSA) is 30.5 Å². The Morgan fingerprint density at radius 2 is 2.10 bits per heavy atom. The van der Waals surface area contributed by atoms with E-state index in [4.69, 9.17) is 9.47 Å². The summed E-state index contributed by atoms with van der Waals surface area (Å²) in [5.74, 6) is 0. The molecule has 1 aromatic rings. The maximum absolute atomic E-state index is 5.83. The zero-order chi connectivity index (χ0) is 14.9. The van der Waals surface area contributed by atoms with E-state index in [9.17, 15) is 0 Å². The van der Waals surface area contributed by atoms with Crippen molar-refractivity contribution in [3.8, 4) is 0 Å². The van der Waals surface area contributed by atoms with Crippen LogP contribution in [-0.4, -0.2) is 33.5 Å². The van der Waals surface area contributed by atoms with Gasteiger partial charge in [-0.05, 0) is 56.7 Å². The van der Waals surface area contributed by atoms with Crippen molar-refractivity contribution in [3.05, 3.63) is 35.4 Å². The predicted octanol–water partition coefficient (Wildman–Crippen LogP) is 3.49. The second-order valence-electron chi connectivity index (χ2n) is 5.89. The lowest BCUT2D eigenvalue weighted by atomic mass is 9.96. The summed E-state index contributed by atoms with van der Waals surface area (Å²) in [7, 11) is 3.80. The van der Waals surface area contributed by atoms with Crippen LogP contribution < -0.4 is 5.32 Å². The van der Waals surface area contributed by atoms with E-state index < -0.39 is 0 Å². The van der Waals surface area contributed by atoms with E-state index in [-0.39, 0.29) is 0 Å². The van der Waals surface area contributed by atoms with E-state index in [1.807, 2.05) is 7.05 Å². The number of hydrogen-bond acceptors (Lipinski definition) is 3. The van der Waals surface area contributed by atoms with Crippen molar-refractivity contribution in [2.75, 3.05) is 27.4 Å². The highest BCUT2D eigenvalue weighted by molar-refractivity contribution is 5.25. The molecule has 0 amide bonds. The molecule has 0 radical (unpaired) electrons. The molecule has 2 unspecified atom stereocenters. The van der Waals surface area contributed by atoms with Gasteiger partial charge in [0.2, 0.25) is 0 Å². The molecule has 1 aliphatic heterocycles. The van der Waals surface area contributed by atoms with Crippen LogP contribution in [0, 0.1) is 0 Å². The summed E-state index contributed by atoms with van der Waals surface area (Å²) in [6.45, 7) is 1.73. The van der Waals surface area contributed by atoms with Crippen LogP contribution in [0.15, 0.2) is 24.3 Å². The summed E-state index contributed by atoms with van der Waals surface area (Å²) in [5.41, 5.74) is 2.71. The maximum atomic E-state index is 5.83. The van der Waals surface area contributed by atoms with Crippen LogP contribution in [0.3, 0.4) is 0 Å². The first kappa shape index (κ1) is 16.5. The smallest absolute Gasteiger partial charge is 0.0575 e. The zero-order valence-corrected chi connectivity index (χ0v) is 13.4. The standard InChI is InChI=1S/C18H29NO2/c1-19-18(11-10-17-5-3-4-13-21-17)16-8-6-15(7-9-16)12-14-20-2/h6-9,17-19H,3-5,10-14H2,1-2H3. The quantitative estimate of drug-likeness (QED) is 0.795. The number of methoxy groups -OCH3 is 1. The van der Waals surface area contributed by atoms with E-state index in [0.29, 0.717) is 12.1 Å². The number of nitrogens with one attached hydrogen (secondary N) is 1. The van der Waals surface area contributed by atoms with Gasteiger partial charge < -0.3 is 14.8 Å². The van der Waals surface area contributed by atoms with Gasteiger partial charge in [-0.3, -0.25) is 0 Å². The molecular formula is C18H29NO2. The first-order chi connectivity index (χ1) is 10.3. The minimum Gasteiger partial charge on any atom is -0.384 e. The highest BCUT2D eigenvalue weighted by atomic mass is 16.5. The fourth-order valence-electron chi connectivity index (χ4n) is 3.00. The van der Waals surface area contributed by atoms with Crippen molar-refractivity contribution >= 4 is 0 Å². The molecule has 1 N–H and O–H groups in total. The molecule has 21 heavy (non-hydrogen) atoms. The van der Waals surface area contributed by atoms with E-state index >= 15 is 0 Å². The van der Waals surface area contributed by atoms with Crippen molar-refractivity contribution in [2.45, 2.75) is 50.7 Å². The minimum absolute atomic E-state index is 0.423. The first-order valence-electron chi connectivity index (χ1n) is 8.20. The highest BCUT2D eigenvalue weighted by Gasteiger charge is 2.16. The predicted molar refractivity (Wildman–Crippen MR) is 86.6 cm³/mol. The molecule has 0 spiro atoms. The van der Waals surface area contributed by atoms with Gasteiger partial charge in [0, 0.05) is 19.8 Å². The fraction of sp³-hybridized carbons (Fsp3) is 0.667. The largest absolute Gasteiger partial charge is 0.384 e. The van der Waals surface area contributed by atoms with Gasteiger partial charge >= 0.3 is 0 Å². The van der Waals surface area contributed by atoms with Crippen molar-refractivity contribution in [2.24, 2.45) is 0 Å². The lowest BCUT2D eigenvalue weighted by Crippen LogP contribution is -2.23. The van der Waals surface area contributed by atoms with Crippen LogP contribution in [0.5, 0.6) is 0 Å². The Hall–Kier alpha value is -0.900. The van der Waals surface area contributed by atoms with Gasteiger partial charge in [-0.25, -0.2) is 0 Å². The van der Waals surface area contributed by atoms with Crippen LogP contribution in [0.4, 0.5) is 0 Å². The molecule has 1 saturated heterocycles. The molecule has 118 valence electrons. The molecule has 0 bridgehead atoms. The van der Waals surface area contributed by atoms with Gasteiger partial charge in [-0.1, -0.05) is 24.3 Å². The van der Waals surface area contributed by atoms with Gasteiger partial charge in [0.15, 0.2) is 0 Å². The van der Waals surface area contributed by atoms with Crippen molar-refractivity contribution < 1.29 is 9.47 Å². The van der Waals surface area contributed by atoms with Crippen molar-refractivity contribution in [1.29, 1.82) is 0 Å². The van der Waals surface area contributed by atoms with Gasteiger partial charge in [0.1, 0.15) is 0 Å². The zero-order valence-electron chi connectivity index (χ0n) is 13.4. The molecule has 3 heteroatoms. The summed E-state index contributed by atoms with van der Waals surface area (Å²) in [5, 5.41) is 3.44. The van der Waals surface area contributed by atoms with Gasteiger partial charge in [0.05, 0.1) is 12.7 Å². The van der Waals surface area contributed by atoms with Gasteiger partial charge in [-0.2, -0.15) is 0 Å². The number of ether oxygens (including phenoxy) is 2. The Kier molecular flexibility index (Phi) is 7.20. The SMILES string of the molecule is CNC(CCC1CCCCO1)c1ccc(CCOC)cc1. The maximum Gasteiger partial charge on any atom is 0.0575 e. The van der Waals surface area contributed by atoms with E-state index in [1.165, 1.54) is 30.4 Å². The average Bonchev–Trinajstić information content (AvgIpc) is 2.55. The summed E-state index contributed by atoms with van der Waals surface area (Å²) < 4.78 is 11.0. The van der Waals surface area contributed by atoms with Gasteiger partial charge in [-0.15, -0.1) is 0 Å². The van der Waals surface area contributed by atoms with Crippen LogP contribution in [0.25, 0.3) is 0 Å². The first-order valence-corrected chi connectivity index (χ1v) is 8.20. The van der Waals surface area contributed by atoms with Crippen LogP contribution >= 0.6 is 0 Å². The van der Waals surface area contributed by atoms with Crippen molar-refractivity contribution in [1.82, 2.24) is 5.32 Å². The lowest BCUT2D eigenvalue weighted by Gasteiger charge is -2.25. The second kappa shape index (κ2) is 9.19. The second-order valence-corrected chi connectivity index (χ2v) is 5.89. The third-order valence-corrected chi connectivity index (χ3v) is 4.38. The molecule has 2 rings (SSSR count). The molecule has 3 nitrogen and oxygen atoms in total. The Morgan fingerprint density at radius 1 is 1.29 bits per heavy atom. The Balaban J connectivity index is 1.84. The minimum atomic E-state index is 0.423. The van der Waals surface area contributed by atoms with Crippen LogP contribution in [-0.2, 0) is 15.9 Å².